The maximum atomic E-state index is 10.9. The van der Waals surface area contributed by atoms with Crippen LogP contribution in [-0.2, 0) is 9.59 Å². The maximum absolute atomic E-state index is 10.9. The van der Waals surface area contributed by atoms with Crippen LogP contribution in [0, 0.1) is 0 Å². The fraction of sp³-hybridized carbons (Fsp3) is 0.250. The molecule has 0 spiro atoms. The van der Waals surface area contributed by atoms with E-state index < -0.39 is 11.8 Å². The summed E-state index contributed by atoms with van der Waals surface area (Å²) in [6.45, 7) is 0. The number of hydrogen-bond acceptors (Lipinski definition) is 6. The minimum absolute atomic E-state index is 0.458. The van der Waals surface area contributed by atoms with Crippen LogP contribution in [0.25, 0.3) is 0 Å². The zero-order valence-corrected chi connectivity index (χ0v) is 11.3. The van der Waals surface area contributed by atoms with Gasteiger partial charge in [0.15, 0.2) is 11.5 Å². The molecular weight excluding hydrogens is 266 g/mol. The standard InChI is InChI=1S/C12H15N3O5/c1-18-8-5-10(20-3)9(19-2)4-7(8)6-14-15-12(17)11(13)16/h4-6H,1-3H3,(H2,13,16)(H,15,17)/b14-6-. The van der Waals surface area contributed by atoms with Crippen molar-refractivity contribution in [3.05, 3.63) is 17.7 Å². The zero-order valence-electron chi connectivity index (χ0n) is 11.3. The third-order valence-corrected chi connectivity index (χ3v) is 2.33. The lowest BCUT2D eigenvalue weighted by Crippen LogP contribution is -2.32. The number of hydrogen-bond donors (Lipinski definition) is 2. The number of rotatable bonds is 5. The van der Waals surface area contributed by atoms with Crippen LogP contribution < -0.4 is 25.4 Å². The number of carbonyl (C=O) groups is 2. The van der Waals surface area contributed by atoms with Crippen molar-refractivity contribution in [2.45, 2.75) is 0 Å². The Morgan fingerprint density at radius 2 is 1.65 bits per heavy atom. The van der Waals surface area contributed by atoms with E-state index in [0.717, 1.165) is 0 Å². The van der Waals surface area contributed by atoms with Crippen molar-refractivity contribution in [1.29, 1.82) is 0 Å². The highest BCUT2D eigenvalue weighted by atomic mass is 16.5. The predicted molar refractivity (Wildman–Crippen MR) is 71.0 cm³/mol. The summed E-state index contributed by atoms with van der Waals surface area (Å²) in [4.78, 5) is 21.5. The summed E-state index contributed by atoms with van der Waals surface area (Å²) in [6.07, 6.45) is 1.29. The van der Waals surface area contributed by atoms with E-state index in [2.05, 4.69) is 5.10 Å². The van der Waals surface area contributed by atoms with Crippen LogP contribution in [0.1, 0.15) is 5.56 Å². The van der Waals surface area contributed by atoms with Gasteiger partial charge in [0.05, 0.1) is 27.5 Å². The molecule has 0 atom stereocenters. The Morgan fingerprint density at radius 3 is 2.15 bits per heavy atom. The minimum Gasteiger partial charge on any atom is -0.496 e. The third-order valence-electron chi connectivity index (χ3n) is 2.33. The summed E-state index contributed by atoms with van der Waals surface area (Å²) >= 11 is 0. The molecule has 0 saturated heterocycles. The highest BCUT2D eigenvalue weighted by Crippen LogP contribution is 2.33. The molecule has 8 heteroatoms. The van der Waals surface area contributed by atoms with Crippen LogP contribution in [0.5, 0.6) is 17.2 Å². The number of methoxy groups -OCH3 is 3. The first kappa shape index (κ1) is 15.3. The number of primary amides is 1. The summed E-state index contributed by atoms with van der Waals surface area (Å²) in [7, 11) is 4.46. The molecule has 0 aromatic heterocycles. The first-order chi connectivity index (χ1) is 9.53. The smallest absolute Gasteiger partial charge is 0.329 e. The number of hydrazone groups is 1. The van der Waals surface area contributed by atoms with Gasteiger partial charge in [0.25, 0.3) is 0 Å². The van der Waals surface area contributed by atoms with E-state index in [4.69, 9.17) is 19.9 Å². The van der Waals surface area contributed by atoms with E-state index >= 15 is 0 Å². The number of benzene rings is 1. The van der Waals surface area contributed by atoms with Crippen LogP contribution in [0.4, 0.5) is 0 Å². The van der Waals surface area contributed by atoms with Gasteiger partial charge in [0.1, 0.15) is 5.75 Å². The second-order valence-electron chi connectivity index (χ2n) is 3.51. The molecule has 108 valence electrons. The number of ether oxygens (including phenoxy) is 3. The molecule has 2 amide bonds. The van der Waals surface area contributed by atoms with Crippen molar-refractivity contribution >= 4 is 18.0 Å². The molecule has 3 N–H and O–H groups in total. The predicted octanol–water partition coefficient (Wildman–Crippen LogP) is -0.352. The first-order valence-corrected chi connectivity index (χ1v) is 5.46. The Morgan fingerprint density at radius 1 is 1.10 bits per heavy atom. The molecule has 20 heavy (non-hydrogen) atoms. The molecule has 0 heterocycles. The summed E-state index contributed by atoms with van der Waals surface area (Å²) in [5, 5.41) is 3.60. The molecule has 0 unspecified atom stereocenters. The Hall–Kier alpha value is -2.77. The summed E-state index contributed by atoms with van der Waals surface area (Å²) in [6, 6.07) is 3.22. The normalized spacial score (nSPS) is 10.2. The van der Waals surface area contributed by atoms with Gasteiger partial charge in [-0.15, -0.1) is 0 Å². The van der Waals surface area contributed by atoms with Crippen molar-refractivity contribution in [3.8, 4) is 17.2 Å². The molecule has 1 aromatic rings. The minimum atomic E-state index is -1.12. The summed E-state index contributed by atoms with van der Waals surface area (Å²) < 4.78 is 15.4. The number of nitrogens with two attached hydrogens (primary N) is 1. The molecule has 0 aliphatic heterocycles. The fourth-order valence-corrected chi connectivity index (χ4v) is 1.37. The molecule has 1 rings (SSSR count). The number of amides is 2. The second kappa shape index (κ2) is 6.98. The molecular formula is C12H15N3O5. The third kappa shape index (κ3) is 3.61. The van der Waals surface area contributed by atoms with E-state index in [-0.39, 0.29) is 0 Å². The molecule has 0 fully saturated rings. The van der Waals surface area contributed by atoms with Gasteiger partial charge in [-0.3, -0.25) is 9.59 Å². The first-order valence-electron chi connectivity index (χ1n) is 5.46. The lowest BCUT2D eigenvalue weighted by Gasteiger charge is -2.11. The molecule has 0 aliphatic rings. The average Bonchev–Trinajstić information content (AvgIpc) is 2.46. The summed E-state index contributed by atoms with van der Waals surface area (Å²) in [5.74, 6) is -0.722. The van der Waals surface area contributed by atoms with Gasteiger partial charge in [-0.2, -0.15) is 5.10 Å². The average molecular weight is 281 g/mol. The highest BCUT2D eigenvalue weighted by molar-refractivity contribution is 6.34. The van der Waals surface area contributed by atoms with Gasteiger partial charge in [-0.1, -0.05) is 0 Å². The number of nitrogens with one attached hydrogen (secondary N) is 1. The summed E-state index contributed by atoms with van der Waals surface area (Å²) in [5.41, 5.74) is 7.27. The Labute approximate surface area is 115 Å². The second-order valence-corrected chi connectivity index (χ2v) is 3.51. The topological polar surface area (TPSA) is 112 Å². The van der Waals surface area contributed by atoms with Crippen molar-refractivity contribution in [2.24, 2.45) is 10.8 Å². The Balaban J connectivity index is 3.01. The quantitative estimate of drug-likeness (QED) is 0.435. The van der Waals surface area contributed by atoms with E-state index in [1.54, 1.807) is 12.1 Å². The van der Waals surface area contributed by atoms with Crippen molar-refractivity contribution in [1.82, 2.24) is 5.43 Å². The lowest BCUT2D eigenvalue weighted by molar-refractivity contribution is -0.137. The number of carbonyl (C=O) groups excluding carboxylic acids is 2. The van der Waals surface area contributed by atoms with Crippen molar-refractivity contribution in [3.63, 3.8) is 0 Å². The van der Waals surface area contributed by atoms with Crippen LogP contribution in [0.3, 0.4) is 0 Å². The Kier molecular flexibility index (Phi) is 5.33. The molecule has 0 bridgehead atoms. The molecule has 0 aliphatic carbocycles. The largest absolute Gasteiger partial charge is 0.496 e. The maximum Gasteiger partial charge on any atom is 0.329 e. The molecule has 0 saturated carbocycles. The van der Waals surface area contributed by atoms with Gasteiger partial charge in [0.2, 0.25) is 0 Å². The SMILES string of the molecule is COc1cc(OC)c(OC)cc1/C=N\NC(=O)C(N)=O. The van der Waals surface area contributed by atoms with Crippen LogP contribution in [0.15, 0.2) is 17.2 Å². The van der Waals surface area contributed by atoms with Crippen LogP contribution >= 0.6 is 0 Å². The highest BCUT2D eigenvalue weighted by Gasteiger charge is 2.11. The fourth-order valence-electron chi connectivity index (χ4n) is 1.37. The van der Waals surface area contributed by atoms with Gasteiger partial charge < -0.3 is 19.9 Å². The Bertz CT molecular complexity index is 542. The van der Waals surface area contributed by atoms with E-state index in [1.165, 1.54) is 27.5 Å². The van der Waals surface area contributed by atoms with Crippen molar-refractivity contribution in [2.75, 3.05) is 21.3 Å². The van der Waals surface area contributed by atoms with Crippen molar-refractivity contribution < 1.29 is 23.8 Å². The van der Waals surface area contributed by atoms with E-state index in [0.29, 0.717) is 22.8 Å². The van der Waals surface area contributed by atoms with Gasteiger partial charge in [0, 0.05) is 11.6 Å². The van der Waals surface area contributed by atoms with Crippen LogP contribution in [0.2, 0.25) is 0 Å². The van der Waals surface area contributed by atoms with E-state index in [9.17, 15) is 9.59 Å². The molecule has 0 radical (unpaired) electrons. The van der Waals surface area contributed by atoms with Gasteiger partial charge in [-0.25, -0.2) is 5.43 Å². The monoisotopic (exact) mass is 281 g/mol. The van der Waals surface area contributed by atoms with Gasteiger partial charge in [-0.05, 0) is 6.07 Å². The molecule has 1 aromatic carbocycles. The zero-order chi connectivity index (χ0) is 15.1. The lowest BCUT2D eigenvalue weighted by atomic mass is 10.2. The molecule has 8 nitrogen and oxygen atoms in total. The van der Waals surface area contributed by atoms with Crippen LogP contribution in [-0.4, -0.2) is 39.4 Å². The van der Waals surface area contributed by atoms with E-state index in [1.807, 2.05) is 5.43 Å². The van der Waals surface area contributed by atoms with Gasteiger partial charge >= 0.3 is 11.8 Å². The number of nitrogens with zero attached hydrogens (tertiary/aromatic N) is 1.